The molecule has 0 fully saturated rings. The van der Waals surface area contributed by atoms with Gasteiger partial charge in [0, 0.05) is 0 Å². The fourth-order valence-electron chi connectivity index (χ4n) is 1.33. The van der Waals surface area contributed by atoms with Gasteiger partial charge in [0.2, 0.25) is 0 Å². The van der Waals surface area contributed by atoms with Crippen molar-refractivity contribution in [2.45, 2.75) is 25.7 Å². The molecule has 0 N–H and O–H groups in total. The van der Waals surface area contributed by atoms with E-state index in [0.29, 0.717) is 0 Å². The number of allylic oxidation sites excluding steroid dienone is 3. The molecule has 1 rings (SSSR count). The van der Waals surface area contributed by atoms with Gasteiger partial charge in [0.1, 0.15) is 0 Å². The zero-order chi connectivity index (χ0) is 10.1. The standard InChI is InChI=1S/C14H18/c1-2-3-4-5-6-8-11-14-12-9-7-10-13-14/h2,6-10,12-13H,1,3-5,11H2/b8-6+. The van der Waals surface area contributed by atoms with E-state index < -0.39 is 0 Å². The molecule has 0 aromatic heterocycles. The van der Waals surface area contributed by atoms with E-state index in [1.165, 1.54) is 18.4 Å². The van der Waals surface area contributed by atoms with Gasteiger partial charge in [-0.3, -0.25) is 0 Å². The summed E-state index contributed by atoms with van der Waals surface area (Å²) in [5.74, 6) is 0. The molecule has 0 aliphatic carbocycles. The maximum atomic E-state index is 3.70. The van der Waals surface area contributed by atoms with E-state index in [-0.39, 0.29) is 0 Å². The van der Waals surface area contributed by atoms with Crippen LogP contribution < -0.4 is 0 Å². The summed E-state index contributed by atoms with van der Waals surface area (Å²) in [7, 11) is 0. The molecule has 1 aromatic carbocycles. The molecule has 0 aliphatic rings. The molecule has 0 heteroatoms. The summed E-state index contributed by atoms with van der Waals surface area (Å²) >= 11 is 0. The normalized spacial score (nSPS) is 10.6. The quantitative estimate of drug-likeness (QED) is 0.462. The highest BCUT2D eigenvalue weighted by Gasteiger charge is 1.85. The highest BCUT2D eigenvalue weighted by atomic mass is 13.9. The lowest BCUT2D eigenvalue weighted by Gasteiger charge is -1.94. The molecule has 0 radical (unpaired) electrons. The molecular weight excluding hydrogens is 168 g/mol. The van der Waals surface area contributed by atoms with Crippen molar-refractivity contribution in [3.63, 3.8) is 0 Å². The van der Waals surface area contributed by atoms with E-state index in [9.17, 15) is 0 Å². The first-order chi connectivity index (χ1) is 6.93. The molecule has 0 amide bonds. The van der Waals surface area contributed by atoms with E-state index in [1.54, 1.807) is 0 Å². The zero-order valence-corrected chi connectivity index (χ0v) is 8.65. The Balaban J connectivity index is 2.17. The Labute approximate surface area is 87.0 Å². The van der Waals surface area contributed by atoms with Gasteiger partial charge in [-0.05, 0) is 31.2 Å². The summed E-state index contributed by atoms with van der Waals surface area (Å²) in [4.78, 5) is 0. The predicted octanol–water partition coefficient (Wildman–Crippen LogP) is 4.14. The fraction of sp³-hybridized carbons (Fsp3) is 0.286. The van der Waals surface area contributed by atoms with Gasteiger partial charge in [0.25, 0.3) is 0 Å². The molecule has 74 valence electrons. The van der Waals surface area contributed by atoms with Gasteiger partial charge >= 0.3 is 0 Å². The van der Waals surface area contributed by atoms with Crippen LogP contribution in [0.4, 0.5) is 0 Å². The minimum Gasteiger partial charge on any atom is -0.103 e. The number of hydrogen-bond donors (Lipinski definition) is 0. The van der Waals surface area contributed by atoms with E-state index >= 15 is 0 Å². The largest absolute Gasteiger partial charge is 0.103 e. The molecule has 0 unspecified atom stereocenters. The average molecular weight is 186 g/mol. The molecule has 0 bridgehead atoms. The van der Waals surface area contributed by atoms with Gasteiger partial charge in [-0.15, -0.1) is 6.58 Å². The molecule has 14 heavy (non-hydrogen) atoms. The van der Waals surface area contributed by atoms with Crippen LogP contribution in [0.3, 0.4) is 0 Å². The molecule has 0 saturated heterocycles. The fourth-order valence-corrected chi connectivity index (χ4v) is 1.33. The van der Waals surface area contributed by atoms with Crippen LogP contribution in [0.1, 0.15) is 24.8 Å². The average Bonchev–Trinajstić information content (AvgIpc) is 2.25. The van der Waals surface area contributed by atoms with Crippen molar-refractivity contribution >= 4 is 0 Å². The third-order valence-corrected chi connectivity index (χ3v) is 2.14. The molecule has 0 spiro atoms. The van der Waals surface area contributed by atoms with Crippen LogP contribution in [0.5, 0.6) is 0 Å². The van der Waals surface area contributed by atoms with Gasteiger partial charge in [-0.2, -0.15) is 0 Å². The SMILES string of the molecule is C=CCCC/C=C/Cc1ccccc1. The molecule has 0 aliphatic heterocycles. The Morgan fingerprint density at radius 1 is 1.00 bits per heavy atom. The van der Waals surface area contributed by atoms with Crippen LogP contribution in [0.15, 0.2) is 55.1 Å². The summed E-state index contributed by atoms with van der Waals surface area (Å²) in [5, 5.41) is 0. The van der Waals surface area contributed by atoms with Crippen molar-refractivity contribution in [1.82, 2.24) is 0 Å². The van der Waals surface area contributed by atoms with Crippen LogP contribution in [-0.4, -0.2) is 0 Å². The van der Waals surface area contributed by atoms with Crippen molar-refractivity contribution in [3.05, 3.63) is 60.7 Å². The van der Waals surface area contributed by atoms with Gasteiger partial charge in [-0.1, -0.05) is 48.6 Å². The van der Waals surface area contributed by atoms with Crippen molar-refractivity contribution < 1.29 is 0 Å². The summed E-state index contributed by atoms with van der Waals surface area (Å²) in [6.45, 7) is 3.70. The van der Waals surface area contributed by atoms with Crippen molar-refractivity contribution in [2.75, 3.05) is 0 Å². The second kappa shape index (κ2) is 7.14. The topological polar surface area (TPSA) is 0 Å². The Bertz CT molecular complexity index is 269. The smallest absolute Gasteiger partial charge is 0.00975 e. The number of benzene rings is 1. The van der Waals surface area contributed by atoms with Gasteiger partial charge in [0.05, 0.1) is 0 Å². The Morgan fingerprint density at radius 2 is 1.79 bits per heavy atom. The Kier molecular flexibility index (Phi) is 5.49. The van der Waals surface area contributed by atoms with Crippen molar-refractivity contribution in [1.29, 1.82) is 0 Å². The second-order valence-corrected chi connectivity index (χ2v) is 3.38. The lowest BCUT2D eigenvalue weighted by Crippen LogP contribution is -1.78. The third-order valence-electron chi connectivity index (χ3n) is 2.14. The lowest BCUT2D eigenvalue weighted by molar-refractivity contribution is 0.867. The summed E-state index contributed by atoms with van der Waals surface area (Å²) in [5.41, 5.74) is 1.38. The Morgan fingerprint density at radius 3 is 2.50 bits per heavy atom. The predicted molar refractivity (Wildman–Crippen MR) is 63.3 cm³/mol. The third kappa shape index (κ3) is 4.66. The lowest BCUT2D eigenvalue weighted by atomic mass is 10.1. The highest BCUT2D eigenvalue weighted by molar-refractivity contribution is 5.17. The van der Waals surface area contributed by atoms with E-state index in [0.717, 1.165) is 12.8 Å². The van der Waals surface area contributed by atoms with Crippen molar-refractivity contribution in [2.24, 2.45) is 0 Å². The Hall–Kier alpha value is -1.30. The van der Waals surface area contributed by atoms with E-state index in [2.05, 4.69) is 49.1 Å². The van der Waals surface area contributed by atoms with Crippen LogP contribution in [-0.2, 0) is 6.42 Å². The summed E-state index contributed by atoms with van der Waals surface area (Å²) < 4.78 is 0. The van der Waals surface area contributed by atoms with E-state index in [4.69, 9.17) is 0 Å². The van der Waals surface area contributed by atoms with E-state index in [1.807, 2.05) is 6.08 Å². The van der Waals surface area contributed by atoms with Gasteiger partial charge in [-0.25, -0.2) is 0 Å². The molecule has 0 atom stereocenters. The molecule has 0 heterocycles. The summed E-state index contributed by atoms with van der Waals surface area (Å²) in [6, 6.07) is 10.5. The maximum Gasteiger partial charge on any atom is -0.00975 e. The van der Waals surface area contributed by atoms with Crippen molar-refractivity contribution in [3.8, 4) is 0 Å². The second-order valence-electron chi connectivity index (χ2n) is 3.38. The molecule has 1 aromatic rings. The zero-order valence-electron chi connectivity index (χ0n) is 8.65. The highest BCUT2D eigenvalue weighted by Crippen LogP contribution is 2.02. The first-order valence-corrected chi connectivity index (χ1v) is 5.23. The maximum absolute atomic E-state index is 3.70. The van der Waals surface area contributed by atoms with Crippen LogP contribution in [0.25, 0.3) is 0 Å². The summed E-state index contributed by atoms with van der Waals surface area (Å²) in [6.07, 6.45) is 11.0. The number of hydrogen-bond acceptors (Lipinski definition) is 0. The molecule has 0 nitrogen and oxygen atoms in total. The first kappa shape index (κ1) is 10.8. The number of unbranched alkanes of at least 4 members (excludes halogenated alkanes) is 2. The molecular formula is C14H18. The van der Waals surface area contributed by atoms with Crippen LogP contribution in [0.2, 0.25) is 0 Å². The van der Waals surface area contributed by atoms with Gasteiger partial charge < -0.3 is 0 Å². The molecule has 0 saturated carbocycles. The minimum absolute atomic E-state index is 1.05. The van der Waals surface area contributed by atoms with Crippen LogP contribution >= 0.6 is 0 Å². The minimum atomic E-state index is 1.05. The van der Waals surface area contributed by atoms with Gasteiger partial charge in [0.15, 0.2) is 0 Å². The van der Waals surface area contributed by atoms with Crippen LogP contribution in [0, 0.1) is 0 Å². The first-order valence-electron chi connectivity index (χ1n) is 5.23. The number of rotatable bonds is 6. The monoisotopic (exact) mass is 186 g/mol.